The van der Waals surface area contributed by atoms with Gasteiger partial charge < -0.3 is 10.6 Å². The predicted molar refractivity (Wildman–Crippen MR) is 115 cm³/mol. The van der Waals surface area contributed by atoms with Crippen LogP contribution >= 0.6 is 0 Å². The SMILES string of the molecule is C=CCN/C(=C(\CC=C)CC(=O)NCC1CCC(C)CC1)c1ccccc1. The summed E-state index contributed by atoms with van der Waals surface area (Å²) in [7, 11) is 0. The molecule has 0 bridgehead atoms. The van der Waals surface area contributed by atoms with Crippen molar-refractivity contribution in [1.82, 2.24) is 10.6 Å². The number of nitrogens with one attached hydrogen (secondary N) is 2. The molecule has 2 N–H and O–H groups in total. The molecule has 1 aliphatic carbocycles. The molecule has 1 fully saturated rings. The molecule has 3 heteroatoms. The molecule has 0 heterocycles. The lowest BCUT2D eigenvalue weighted by Crippen LogP contribution is -2.31. The number of carbonyl (C=O) groups is 1. The van der Waals surface area contributed by atoms with E-state index in [1.165, 1.54) is 25.7 Å². The van der Waals surface area contributed by atoms with Crippen molar-refractivity contribution in [3.05, 3.63) is 66.8 Å². The first kappa shape index (κ1) is 21.0. The molecule has 27 heavy (non-hydrogen) atoms. The molecular weight excluding hydrogens is 332 g/mol. The van der Waals surface area contributed by atoms with Crippen molar-refractivity contribution in [3.63, 3.8) is 0 Å². The molecule has 0 radical (unpaired) electrons. The molecule has 0 aromatic heterocycles. The molecule has 0 unspecified atom stereocenters. The molecule has 3 nitrogen and oxygen atoms in total. The number of allylic oxidation sites excluding steroid dienone is 1. The summed E-state index contributed by atoms with van der Waals surface area (Å²) in [5.41, 5.74) is 3.16. The van der Waals surface area contributed by atoms with Gasteiger partial charge in [-0.05, 0) is 42.2 Å². The van der Waals surface area contributed by atoms with E-state index in [4.69, 9.17) is 0 Å². The summed E-state index contributed by atoms with van der Waals surface area (Å²) in [5.74, 6) is 1.56. The molecule has 1 aromatic carbocycles. The third-order valence-corrected chi connectivity index (χ3v) is 5.33. The number of carbonyl (C=O) groups excluding carboxylic acids is 1. The Kier molecular flexibility index (Phi) is 8.90. The van der Waals surface area contributed by atoms with Gasteiger partial charge in [0.25, 0.3) is 0 Å². The first-order valence-electron chi connectivity index (χ1n) is 10.1. The molecule has 1 amide bonds. The van der Waals surface area contributed by atoms with E-state index in [9.17, 15) is 4.79 Å². The quantitative estimate of drug-likeness (QED) is 0.567. The van der Waals surface area contributed by atoms with Crippen LogP contribution < -0.4 is 10.6 Å². The van der Waals surface area contributed by atoms with E-state index in [1.54, 1.807) is 0 Å². The summed E-state index contributed by atoms with van der Waals surface area (Å²) in [6, 6.07) is 10.2. The second-order valence-corrected chi connectivity index (χ2v) is 7.61. The topological polar surface area (TPSA) is 41.1 Å². The number of rotatable bonds is 10. The molecule has 0 aliphatic heterocycles. The van der Waals surface area contributed by atoms with Crippen molar-refractivity contribution in [2.45, 2.75) is 45.4 Å². The molecule has 0 saturated heterocycles. The standard InChI is InChI=1S/C24H34N2O/c1-4-9-22(24(25-16-5-2)21-10-7-6-8-11-21)17-23(27)26-18-20-14-12-19(3)13-15-20/h4-8,10-11,19-20,25H,1-2,9,12-18H2,3H3,(H,26,27)/b24-22+. The van der Waals surface area contributed by atoms with Crippen molar-refractivity contribution >= 4 is 11.6 Å². The van der Waals surface area contributed by atoms with Gasteiger partial charge in [0.15, 0.2) is 0 Å². The highest BCUT2D eigenvalue weighted by Crippen LogP contribution is 2.28. The van der Waals surface area contributed by atoms with E-state index < -0.39 is 0 Å². The number of hydrogen-bond donors (Lipinski definition) is 2. The average Bonchev–Trinajstić information content (AvgIpc) is 2.69. The molecule has 1 saturated carbocycles. The maximum Gasteiger partial charge on any atom is 0.224 e. The van der Waals surface area contributed by atoms with Crippen LogP contribution in [0, 0.1) is 11.8 Å². The van der Waals surface area contributed by atoms with Gasteiger partial charge in [-0.1, -0.05) is 62.2 Å². The van der Waals surface area contributed by atoms with Gasteiger partial charge in [0, 0.05) is 18.8 Å². The minimum atomic E-state index is 0.0966. The lowest BCUT2D eigenvalue weighted by molar-refractivity contribution is -0.120. The Morgan fingerprint density at radius 2 is 1.78 bits per heavy atom. The maximum absolute atomic E-state index is 12.6. The van der Waals surface area contributed by atoms with Gasteiger partial charge >= 0.3 is 0 Å². The maximum atomic E-state index is 12.6. The molecule has 2 rings (SSSR count). The van der Waals surface area contributed by atoms with Crippen LogP contribution in [0.5, 0.6) is 0 Å². The van der Waals surface area contributed by atoms with Gasteiger partial charge in [0.2, 0.25) is 5.91 Å². The summed E-state index contributed by atoms with van der Waals surface area (Å²) in [6.45, 7) is 11.5. The van der Waals surface area contributed by atoms with Gasteiger partial charge in [0.1, 0.15) is 0 Å². The van der Waals surface area contributed by atoms with Crippen LogP contribution in [0.3, 0.4) is 0 Å². The third kappa shape index (κ3) is 7.09. The Hall–Kier alpha value is -2.29. The monoisotopic (exact) mass is 366 g/mol. The highest BCUT2D eigenvalue weighted by Gasteiger charge is 2.19. The van der Waals surface area contributed by atoms with Crippen molar-refractivity contribution in [2.24, 2.45) is 11.8 Å². The highest BCUT2D eigenvalue weighted by molar-refractivity contribution is 5.82. The number of benzene rings is 1. The summed E-state index contributed by atoms with van der Waals surface area (Å²) in [4.78, 5) is 12.6. The fraction of sp³-hybridized carbons (Fsp3) is 0.458. The van der Waals surface area contributed by atoms with E-state index in [2.05, 4.69) is 42.8 Å². The largest absolute Gasteiger partial charge is 0.381 e. The van der Waals surface area contributed by atoms with Gasteiger partial charge in [0.05, 0.1) is 6.42 Å². The number of hydrogen-bond acceptors (Lipinski definition) is 2. The molecule has 0 spiro atoms. The fourth-order valence-corrected chi connectivity index (χ4v) is 3.69. The lowest BCUT2D eigenvalue weighted by atomic mass is 9.83. The molecule has 1 aliphatic rings. The second kappa shape index (κ2) is 11.4. The van der Waals surface area contributed by atoms with Crippen LogP contribution in [0.15, 0.2) is 61.2 Å². The Bertz CT molecular complexity index is 640. The zero-order valence-corrected chi connectivity index (χ0v) is 16.7. The second-order valence-electron chi connectivity index (χ2n) is 7.61. The summed E-state index contributed by atoms with van der Waals surface area (Å²) in [5, 5.41) is 6.58. The Morgan fingerprint density at radius 3 is 2.41 bits per heavy atom. The molecule has 146 valence electrons. The summed E-state index contributed by atoms with van der Waals surface area (Å²) in [6.07, 6.45) is 9.80. The van der Waals surface area contributed by atoms with E-state index in [1.807, 2.05) is 30.4 Å². The fourth-order valence-electron chi connectivity index (χ4n) is 3.69. The van der Waals surface area contributed by atoms with Crippen LogP contribution in [0.2, 0.25) is 0 Å². The van der Waals surface area contributed by atoms with E-state index >= 15 is 0 Å². The lowest BCUT2D eigenvalue weighted by Gasteiger charge is -2.26. The van der Waals surface area contributed by atoms with Crippen LogP contribution in [-0.2, 0) is 4.79 Å². The minimum absolute atomic E-state index is 0.0966. The Balaban J connectivity index is 2.05. The predicted octanol–water partition coefficient (Wildman–Crippen LogP) is 5.08. The van der Waals surface area contributed by atoms with E-state index in [0.717, 1.165) is 29.3 Å². The van der Waals surface area contributed by atoms with Crippen molar-refractivity contribution < 1.29 is 4.79 Å². The van der Waals surface area contributed by atoms with Crippen LogP contribution in [0.4, 0.5) is 0 Å². The normalized spacial score (nSPS) is 20.3. The van der Waals surface area contributed by atoms with Crippen LogP contribution in [-0.4, -0.2) is 19.0 Å². The molecule has 0 atom stereocenters. The van der Waals surface area contributed by atoms with Gasteiger partial charge in [-0.25, -0.2) is 0 Å². The number of amides is 1. The first-order valence-corrected chi connectivity index (χ1v) is 10.1. The minimum Gasteiger partial charge on any atom is -0.381 e. The van der Waals surface area contributed by atoms with Crippen molar-refractivity contribution in [2.75, 3.05) is 13.1 Å². The zero-order chi connectivity index (χ0) is 19.5. The molecular formula is C24H34N2O. The zero-order valence-electron chi connectivity index (χ0n) is 16.7. The Labute approximate surface area is 164 Å². The average molecular weight is 367 g/mol. The Morgan fingerprint density at radius 1 is 1.07 bits per heavy atom. The van der Waals surface area contributed by atoms with E-state index in [0.29, 0.717) is 25.3 Å². The van der Waals surface area contributed by atoms with E-state index in [-0.39, 0.29) is 5.91 Å². The van der Waals surface area contributed by atoms with Crippen LogP contribution in [0.25, 0.3) is 5.70 Å². The third-order valence-electron chi connectivity index (χ3n) is 5.33. The van der Waals surface area contributed by atoms with Gasteiger partial charge in [-0.2, -0.15) is 0 Å². The smallest absolute Gasteiger partial charge is 0.224 e. The van der Waals surface area contributed by atoms with Gasteiger partial charge in [-0.3, -0.25) is 4.79 Å². The van der Waals surface area contributed by atoms with Crippen molar-refractivity contribution in [3.8, 4) is 0 Å². The first-order chi connectivity index (χ1) is 13.1. The molecule has 1 aromatic rings. The summed E-state index contributed by atoms with van der Waals surface area (Å²) < 4.78 is 0. The highest BCUT2D eigenvalue weighted by atomic mass is 16.1. The summed E-state index contributed by atoms with van der Waals surface area (Å²) >= 11 is 0. The van der Waals surface area contributed by atoms with Crippen LogP contribution in [0.1, 0.15) is 51.0 Å². The van der Waals surface area contributed by atoms with Gasteiger partial charge in [-0.15, -0.1) is 13.2 Å². The van der Waals surface area contributed by atoms with Crippen molar-refractivity contribution in [1.29, 1.82) is 0 Å².